The molecule has 2 rings (SSSR count). The van der Waals surface area contributed by atoms with E-state index in [2.05, 4.69) is 0 Å². The predicted molar refractivity (Wildman–Crippen MR) is 65.2 cm³/mol. The molecule has 0 saturated carbocycles. The summed E-state index contributed by atoms with van der Waals surface area (Å²) >= 11 is 1.81. The quantitative estimate of drug-likeness (QED) is 0.771. The van der Waals surface area contributed by atoms with Gasteiger partial charge in [-0.15, -0.1) is 0 Å². The van der Waals surface area contributed by atoms with Crippen LogP contribution in [0.15, 0.2) is 12.1 Å². The van der Waals surface area contributed by atoms with Crippen LogP contribution in [-0.2, 0) is 0 Å². The zero-order chi connectivity index (χ0) is 12.4. The molecule has 0 bridgehead atoms. The molecule has 1 fully saturated rings. The molecule has 1 aliphatic heterocycles. The van der Waals surface area contributed by atoms with E-state index < -0.39 is 11.6 Å². The highest BCUT2D eigenvalue weighted by molar-refractivity contribution is 7.99. The number of benzene rings is 1. The highest BCUT2D eigenvalue weighted by atomic mass is 32.2. The van der Waals surface area contributed by atoms with Crippen LogP contribution in [0.4, 0.5) is 14.5 Å². The Hall–Kier alpha value is -1.28. The van der Waals surface area contributed by atoms with Crippen molar-refractivity contribution < 1.29 is 8.78 Å². The number of rotatable bonds is 1. The van der Waals surface area contributed by atoms with Crippen LogP contribution in [0.25, 0.3) is 0 Å². The summed E-state index contributed by atoms with van der Waals surface area (Å²) in [4.78, 5) is 1.86. The van der Waals surface area contributed by atoms with Crippen molar-refractivity contribution in [2.75, 3.05) is 23.0 Å². The van der Waals surface area contributed by atoms with Gasteiger partial charge in [-0.25, -0.2) is 8.78 Å². The summed E-state index contributed by atoms with van der Waals surface area (Å²) in [5, 5.41) is 8.62. The molecule has 0 amide bonds. The Balaban J connectivity index is 2.39. The molecule has 0 spiro atoms. The number of hydrogen-bond donors (Lipinski definition) is 0. The van der Waals surface area contributed by atoms with Gasteiger partial charge in [0.15, 0.2) is 11.6 Å². The monoisotopic (exact) mass is 254 g/mol. The minimum atomic E-state index is -1.05. The molecule has 2 nitrogen and oxygen atoms in total. The summed E-state index contributed by atoms with van der Waals surface area (Å²) in [6.45, 7) is 2.69. The fourth-order valence-electron chi connectivity index (χ4n) is 1.93. The Bertz CT molecular complexity index is 470. The third-order valence-electron chi connectivity index (χ3n) is 2.86. The molecule has 17 heavy (non-hydrogen) atoms. The van der Waals surface area contributed by atoms with Crippen LogP contribution in [0.5, 0.6) is 0 Å². The molecule has 1 aromatic carbocycles. The molecule has 1 saturated heterocycles. The molecule has 1 aromatic rings. The van der Waals surface area contributed by atoms with Gasteiger partial charge in [0, 0.05) is 24.1 Å². The van der Waals surface area contributed by atoms with Crippen molar-refractivity contribution in [3.05, 3.63) is 29.3 Å². The lowest BCUT2D eigenvalue weighted by Gasteiger charge is -2.35. The Morgan fingerprint density at radius 1 is 1.41 bits per heavy atom. The van der Waals surface area contributed by atoms with Crippen molar-refractivity contribution in [2.45, 2.75) is 13.0 Å². The largest absolute Gasteiger partial charge is 0.365 e. The average Bonchev–Trinajstić information content (AvgIpc) is 2.34. The zero-order valence-electron chi connectivity index (χ0n) is 9.41. The third-order valence-corrected chi connectivity index (χ3v) is 4.05. The van der Waals surface area contributed by atoms with Gasteiger partial charge in [-0.05, 0) is 19.1 Å². The van der Waals surface area contributed by atoms with Gasteiger partial charge in [0.2, 0.25) is 0 Å². The van der Waals surface area contributed by atoms with E-state index in [-0.39, 0.29) is 17.3 Å². The minimum absolute atomic E-state index is 0.176. The van der Waals surface area contributed by atoms with Crippen LogP contribution >= 0.6 is 11.8 Å². The number of hydrogen-bond acceptors (Lipinski definition) is 3. The normalized spacial score (nSPS) is 20.1. The van der Waals surface area contributed by atoms with Crippen LogP contribution in [0.2, 0.25) is 0 Å². The summed E-state index contributed by atoms with van der Waals surface area (Å²) in [5.74, 6) is -0.148. The van der Waals surface area contributed by atoms with E-state index in [1.54, 1.807) is 6.07 Å². The van der Waals surface area contributed by atoms with Gasteiger partial charge in [0.25, 0.3) is 0 Å². The molecular weight excluding hydrogens is 242 g/mol. The van der Waals surface area contributed by atoms with E-state index in [4.69, 9.17) is 5.26 Å². The first kappa shape index (κ1) is 12.2. The second-order valence-electron chi connectivity index (χ2n) is 3.99. The van der Waals surface area contributed by atoms with E-state index in [1.165, 1.54) is 12.1 Å². The molecule has 5 heteroatoms. The van der Waals surface area contributed by atoms with Gasteiger partial charge in [0.05, 0.1) is 11.3 Å². The molecular formula is C12H12F2N2S. The van der Waals surface area contributed by atoms with E-state index in [0.29, 0.717) is 6.54 Å². The molecule has 0 aliphatic carbocycles. The number of anilines is 1. The SMILES string of the molecule is CC1CSCCN1c1ccc(C#N)c(F)c1F. The molecule has 1 unspecified atom stereocenters. The lowest BCUT2D eigenvalue weighted by atomic mass is 10.1. The summed E-state index contributed by atoms with van der Waals surface area (Å²) in [7, 11) is 0. The Morgan fingerprint density at radius 3 is 2.82 bits per heavy atom. The smallest absolute Gasteiger partial charge is 0.183 e. The van der Waals surface area contributed by atoms with Crippen molar-refractivity contribution in [1.29, 1.82) is 5.26 Å². The topological polar surface area (TPSA) is 27.0 Å². The summed E-state index contributed by atoms with van der Waals surface area (Å²) in [6, 6.07) is 4.64. The van der Waals surface area contributed by atoms with Crippen LogP contribution in [0, 0.1) is 23.0 Å². The van der Waals surface area contributed by atoms with Crippen LogP contribution < -0.4 is 4.90 Å². The fraction of sp³-hybridized carbons (Fsp3) is 0.417. The van der Waals surface area contributed by atoms with Crippen molar-refractivity contribution in [3.63, 3.8) is 0 Å². The predicted octanol–water partition coefficient (Wildman–Crippen LogP) is 2.78. The number of nitrogens with zero attached hydrogens (tertiary/aromatic N) is 2. The Labute approximate surface area is 103 Å². The molecule has 1 aliphatic rings. The van der Waals surface area contributed by atoms with Crippen molar-refractivity contribution in [3.8, 4) is 6.07 Å². The third kappa shape index (κ3) is 2.22. The number of nitriles is 1. The lowest BCUT2D eigenvalue weighted by molar-refractivity contribution is 0.501. The second-order valence-corrected chi connectivity index (χ2v) is 5.14. The number of halogens is 2. The summed E-state index contributed by atoms with van der Waals surface area (Å²) in [5.41, 5.74) is 0.0135. The minimum Gasteiger partial charge on any atom is -0.365 e. The molecule has 1 heterocycles. The van der Waals surface area contributed by atoms with Gasteiger partial charge in [-0.1, -0.05) is 0 Å². The highest BCUT2D eigenvalue weighted by Crippen LogP contribution is 2.28. The maximum Gasteiger partial charge on any atom is 0.183 e. The van der Waals surface area contributed by atoms with Crippen molar-refractivity contribution in [1.82, 2.24) is 0 Å². The van der Waals surface area contributed by atoms with Gasteiger partial charge < -0.3 is 4.90 Å². The Morgan fingerprint density at radius 2 is 2.18 bits per heavy atom. The van der Waals surface area contributed by atoms with Crippen LogP contribution in [-0.4, -0.2) is 24.1 Å². The number of thioether (sulfide) groups is 1. The van der Waals surface area contributed by atoms with Gasteiger partial charge in [-0.3, -0.25) is 0 Å². The molecule has 0 radical (unpaired) electrons. The molecule has 0 N–H and O–H groups in total. The Kier molecular flexibility index (Phi) is 3.53. The van der Waals surface area contributed by atoms with Crippen LogP contribution in [0.3, 0.4) is 0 Å². The summed E-state index contributed by atoms with van der Waals surface area (Å²) < 4.78 is 27.3. The first-order valence-corrected chi connectivity index (χ1v) is 6.53. The van der Waals surface area contributed by atoms with Gasteiger partial charge in [0.1, 0.15) is 6.07 Å². The standard InChI is InChI=1S/C12H12F2N2S/c1-8-7-17-5-4-16(8)10-3-2-9(6-15)11(13)12(10)14/h2-3,8H,4-5,7H2,1H3. The van der Waals surface area contributed by atoms with Gasteiger partial charge >= 0.3 is 0 Å². The second kappa shape index (κ2) is 4.92. The van der Waals surface area contributed by atoms with E-state index in [9.17, 15) is 8.78 Å². The van der Waals surface area contributed by atoms with Gasteiger partial charge in [-0.2, -0.15) is 17.0 Å². The zero-order valence-corrected chi connectivity index (χ0v) is 10.2. The van der Waals surface area contributed by atoms with Crippen molar-refractivity contribution >= 4 is 17.4 Å². The maximum absolute atomic E-state index is 13.8. The molecule has 0 aromatic heterocycles. The van der Waals surface area contributed by atoms with Crippen molar-refractivity contribution in [2.24, 2.45) is 0 Å². The first-order chi connectivity index (χ1) is 8.15. The fourth-order valence-corrected chi connectivity index (χ4v) is 2.95. The lowest BCUT2D eigenvalue weighted by Crippen LogP contribution is -2.41. The summed E-state index contributed by atoms with van der Waals surface area (Å²) in [6.07, 6.45) is 0. The molecule has 1 atom stereocenters. The first-order valence-electron chi connectivity index (χ1n) is 5.37. The maximum atomic E-state index is 13.8. The molecule has 90 valence electrons. The van der Waals surface area contributed by atoms with Crippen LogP contribution in [0.1, 0.15) is 12.5 Å². The van der Waals surface area contributed by atoms with E-state index in [0.717, 1.165) is 11.5 Å². The van der Waals surface area contributed by atoms with E-state index in [1.807, 2.05) is 23.6 Å². The highest BCUT2D eigenvalue weighted by Gasteiger charge is 2.24. The average molecular weight is 254 g/mol. The van der Waals surface area contributed by atoms with E-state index >= 15 is 0 Å².